The van der Waals surface area contributed by atoms with Crippen LogP contribution in [0.4, 0.5) is 0 Å². The summed E-state index contributed by atoms with van der Waals surface area (Å²) in [5.74, 6) is 1.06. The van der Waals surface area contributed by atoms with Gasteiger partial charge in [-0.1, -0.05) is 12.8 Å². The summed E-state index contributed by atoms with van der Waals surface area (Å²) >= 11 is 0. The Hall–Kier alpha value is -1.47. The van der Waals surface area contributed by atoms with Crippen LogP contribution in [0, 0.1) is 5.92 Å². The Balaban J connectivity index is 1.32. The van der Waals surface area contributed by atoms with Crippen molar-refractivity contribution in [3.8, 4) is 0 Å². The number of fused-ring (bicyclic) bond motifs is 1. The molecule has 3 fully saturated rings. The summed E-state index contributed by atoms with van der Waals surface area (Å²) in [6, 6.07) is 0.502. The monoisotopic (exact) mass is 347 g/mol. The zero-order valence-electron chi connectivity index (χ0n) is 14.9. The highest BCUT2D eigenvalue weighted by molar-refractivity contribution is 5.78. The summed E-state index contributed by atoms with van der Waals surface area (Å²) < 4.78 is 7.64. The molecule has 4 rings (SSSR count). The van der Waals surface area contributed by atoms with Gasteiger partial charge in [-0.2, -0.15) is 5.10 Å². The van der Waals surface area contributed by atoms with Gasteiger partial charge in [0.15, 0.2) is 0 Å². The molecular weight excluding hydrogens is 318 g/mol. The number of piperidine rings is 1. The van der Waals surface area contributed by atoms with E-state index in [1.807, 2.05) is 0 Å². The van der Waals surface area contributed by atoms with Crippen LogP contribution < -0.4 is 0 Å². The Labute approximate surface area is 149 Å². The van der Waals surface area contributed by atoms with Gasteiger partial charge in [-0.25, -0.2) is 4.98 Å². The highest BCUT2D eigenvalue weighted by atomic mass is 16.5. The quantitative estimate of drug-likeness (QED) is 0.818. The number of likely N-dealkylation sites (tertiary alicyclic amines) is 1. The van der Waals surface area contributed by atoms with Crippen LogP contribution in [0.3, 0.4) is 0 Å². The molecule has 0 spiro atoms. The maximum absolute atomic E-state index is 13.0. The molecular formula is C18H29N5O2. The molecule has 7 nitrogen and oxygen atoms in total. The summed E-state index contributed by atoms with van der Waals surface area (Å²) in [5, 5.41) is 4.15. The lowest BCUT2D eigenvalue weighted by Gasteiger charge is -2.45. The van der Waals surface area contributed by atoms with Crippen LogP contribution in [0.2, 0.25) is 0 Å². The first-order valence-corrected chi connectivity index (χ1v) is 9.75. The van der Waals surface area contributed by atoms with Crippen molar-refractivity contribution in [1.82, 2.24) is 24.6 Å². The number of amides is 1. The van der Waals surface area contributed by atoms with Crippen molar-refractivity contribution >= 4 is 5.91 Å². The van der Waals surface area contributed by atoms with Crippen LogP contribution in [0.15, 0.2) is 12.7 Å². The predicted octanol–water partition coefficient (Wildman–Crippen LogP) is 1.16. The second-order valence-electron chi connectivity index (χ2n) is 7.69. The van der Waals surface area contributed by atoms with E-state index in [9.17, 15) is 4.79 Å². The number of aromatic nitrogens is 3. The molecule has 3 atom stereocenters. The number of hydrogen-bond acceptors (Lipinski definition) is 5. The first-order valence-electron chi connectivity index (χ1n) is 9.75. The van der Waals surface area contributed by atoms with Gasteiger partial charge in [-0.15, -0.1) is 0 Å². The summed E-state index contributed by atoms with van der Waals surface area (Å²) in [6.45, 7) is 4.47. The molecule has 1 aliphatic carbocycles. The first kappa shape index (κ1) is 17.0. The van der Waals surface area contributed by atoms with Gasteiger partial charge in [0.25, 0.3) is 0 Å². The lowest BCUT2D eigenvalue weighted by molar-refractivity contribution is -0.140. The predicted molar refractivity (Wildman–Crippen MR) is 92.9 cm³/mol. The van der Waals surface area contributed by atoms with Crippen molar-refractivity contribution in [2.75, 3.05) is 32.8 Å². The van der Waals surface area contributed by atoms with Crippen molar-refractivity contribution < 1.29 is 9.53 Å². The second-order valence-corrected chi connectivity index (χ2v) is 7.69. The molecule has 2 aliphatic heterocycles. The van der Waals surface area contributed by atoms with Crippen molar-refractivity contribution in [2.45, 2.75) is 57.2 Å². The third-order valence-corrected chi connectivity index (χ3v) is 6.00. The highest BCUT2D eigenvalue weighted by Crippen LogP contribution is 2.35. The minimum atomic E-state index is 0.0760. The van der Waals surface area contributed by atoms with Crippen molar-refractivity contribution in [2.24, 2.45) is 5.92 Å². The summed E-state index contributed by atoms with van der Waals surface area (Å²) in [4.78, 5) is 21.4. The normalized spacial score (nSPS) is 30.9. The topological polar surface area (TPSA) is 63.5 Å². The number of carbonyl (C=O) groups excluding carboxylic acids is 1. The van der Waals surface area contributed by atoms with E-state index in [2.05, 4.69) is 19.9 Å². The molecule has 138 valence electrons. The SMILES string of the molecule is O=C(CN1CCOC(Cn2cncn2)C1)N1CCCC2CCCCC21. The fourth-order valence-electron chi connectivity index (χ4n) is 4.79. The minimum Gasteiger partial charge on any atom is -0.374 e. The molecule has 1 saturated carbocycles. The number of morpholine rings is 1. The van der Waals surface area contributed by atoms with Gasteiger partial charge < -0.3 is 9.64 Å². The van der Waals surface area contributed by atoms with Gasteiger partial charge in [-0.3, -0.25) is 14.4 Å². The van der Waals surface area contributed by atoms with Crippen molar-refractivity contribution in [3.63, 3.8) is 0 Å². The van der Waals surface area contributed by atoms with Crippen LogP contribution >= 0.6 is 0 Å². The van der Waals surface area contributed by atoms with Gasteiger partial charge >= 0.3 is 0 Å². The molecule has 25 heavy (non-hydrogen) atoms. The molecule has 0 radical (unpaired) electrons. The lowest BCUT2D eigenvalue weighted by Crippen LogP contribution is -2.54. The Bertz CT molecular complexity index is 562. The zero-order chi connectivity index (χ0) is 17.1. The standard InChI is InChI=1S/C18H29N5O2/c24-18(23-7-3-5-15-4-1-2-6-17(15)23)12-21-8-9-25-16(10-21)11-22-14-19-13-20-22/h13-17H,1-12H2. The molecule has 3 unspecified atom stereocenters. The summed E-state index contributed by atoms with van der Waals surface area (Å²) in [7, 11) is 0. The largest absolute Gasteiger partial charge is 0.374 e. The van der Waals surface area contributed by atoms with Gasteiger partial charge in [0, 0.05) is 25.7 Å². The van der Waals surface area contributed by atoms with E-state index >= 15 is 0 Å². The molecule has 0 N–H and O–H groups in total. The van der Waals surface area contributed by atoms with Gasteiger partial charge in [-0.05, 0) is 31.6 Å². The molecule has 1 amide bonds. The number of hydrogen-bond donors (Lipinski definition) is 0. The average molecular weight is 347 g/mol. The third-order valence-electron chi connectivity index (χ3n) is 6.00. The van der Waals surface area contributed by atoms with Gasteiger partial charge in [0.1, 0.15) is 12.7 Å². The number of nitrogens with zero attached hydrogens (tertiary/aromatic N) is 5. The highest BCUT2D eigenvalue weighted by Gasteiger charge is 2.36. The molecule has 3 heterocycles. The van der Waals surface area contributed by atoms with Crippen LogP contribution in [-0.4, -0.2) is 75.4 Å². The fourth-order valence-corrected chi connectivity index (χ4v) is 4.79. The molecule has 0 bridgehead atoms. The van der Waals surface area contributed by atoms with E-state index in [-0.39, 0.29) is 6.10 Å². The van der Waals surface area contributed by atoms with Gasteiger partial charge in [0.2, 0.25) is 5.91 Å². The fraction of sp³-hybridized carbons (Fsp3) is 0.833. The van der Waals surface area contributed by atoms with E-state index in [1.165, 1.54) is 38.5 Å². The molecule has 1 aromatic heterocycles. The van der Waals surface area contributed by atoms with E-state index < -0.39 is 0 Å². The maximum Gasteiger partial charge on any atom is 0.237 e. The number of carbonyl (C=O) groups is 1. The molecule has 1 aromatic rings. The molecule has 2 saturated heterocycles. The van der Waals surface area contributed by atoms with Crippen LogP contribution in [-0.2, 0) is 16.1 Å². The lowest BCUT2D eigenvalue weighted by atomic mass is 9.78. The van der Waals surface area contributed by atoms with E-state index in [0.717, 1.165) is 25.6 Å². The number of rotatable bonds is 4. The first-order chi connectivity index (χ1) is 12.3. The Morgan fingerprint density at radius 3 is 2.92 bits per heavy atom. The van der Waals surface area contributed by atoms with Crippen LogP contribution in [0.1, 0.15) is 38.5 Å². The zero-order valence-corrected chi connectivity index (χ0v) is 14.9. The maximum atomic E-state index is 13.0. The molecule has 7 heteroatoms. The summed E-state index contributed by atoms with van der Waals surface area (Å²) in [6.07, 6.45) is 11.0. The van der Waals surface area contributed by atoms with Crippen molar-refractivity contribution in [3.05, 3.63) is 12.7 Å². The van der Waals surface area contributed by atoms with E-state index in [1.54, 1.807) is 17.3 Å². The minimum absolute atomic E-state index is 0.0760. The Morgan fingerprint density at radius 2 is 2.04 bits per heavy atom. The third kappa shape index (κ3) is 4.03. The molecule has 0 aromatic carbocycles. The van der Waals surface area contributed by atoms with Crippen molar-refractivity contribution in [1.29, 1.82) is 0 Å². The summed E-state index contributed by atoms with van der Waals surface area (Å²) in [5.41, 5.74) is 0. The van der Waals surface area contributed by atoms with E-state index in [0.29, 0.717) is 31.6 Å². The van der Waals surface area contributed by atoms with Crippen LogP contribution in [0.5, 0.6) is 0 Å². The molecule has 3 aliphatic rings. The Kier molecular flexibility index (Phi) is 5.31. The van der Waals surface area contributed by atoms with E-state index in [4.69, 9.17) is 4.74 Å². The second kappa shape index (κ2) is 7.83. The average Bonchev–Trinajstić information content (AvgIpc) is 3.14. The van der Waals surface area contributed by atoms with Gasteiger partial charge in [0.05, 0.1) is 25.8 Å². The number of ether oxygens (including phenoxy) is 1. The smallest absolute Gasteiger partial charge is 0.237 e. The van der Waals surface area contributed by atoms with Crippen LogP contribution in [0.25, 0.3) is 0 Å². The Morgan fingerprint density at radius 1 is 1.16 bits per heavy atom.